The van der Waals surface area contributed by atoms with Crippen LogP contribution in [0.3, 0.4) is 0 Å². The third-order valence-electron chi connectivity index (χ3n) is 3.16. The van der Waals surface area contributed by atoms with Gasteiger partial charge in [-0.1, -0.05) is 0 Å². The Labute approximate surface area is 115 Å². The predicted octanol–water partition coefficient (Wildman–Crippen LogP) is 0.728. The van der Waals surface area contributed by atoms with Crippen molar-refractivity contribution in [3.05, 3.63) is 24.1 Å². The summed E-state index contributed by atoms with van der Waals surface area (Å²) >= 11 is 0. The number of aromatic nitrogens is 2. The summed E-state index contributed by atoms with van der Waals surface area (Å²) in [6, 6.07) is 4.69. The molecule has 1 aliphatic rings. The van der Waals surface area contributed by atoms with Gasteiger partial charge in [-0.05, 0) is 18.2 Å². The molecule has 0 aliphatic carbocycles. The highest BCUT2D eigenvalue weighted by Crippen LogP contribution is 2.34. The van der Waals surface area contributed by atoms with Crippen molar-refractivity contribution in [1.82, 2.24) is 10.2 Å². The molecule has 1 atom stereocenters. The summed E-state index contributed by atoms with van der Waals surface area (Å²) in [5.74, 6) is 1.30. The first-order valence-electron chi connectivity index (χ1n) is 6.17. The zero-order valence-electron chi connectivity index (χ0n) is 11.2. The molecule has 7 heteroatoms. The number of rotatable bonds is 1. The molecule has 0 saturated carbocycles. The number of benzene rings is 1. The molecule has 0 radical (unpaired) electrons. The van der Waals surface area contributed by atoms with Crippen molar-refractivity contribution in [3.8, 4) is 17.2 Å². The lowest BCUT2D eigenvalue weighted by atomic mass is 10.1. The molecule has 0 saturated heterocycles. The number of nitrogens with zero attached hydrogens (tertiary/aromatic N) is 3. The van der Waals surface area contributed by atoms with Crippen LogP contribution in [0.4, 0.5) is 5.69 Å². The van der Waals surface area contributed by atoms with Crippen LogP contribution in [0.2, 0.25) is 0 Å². The van der Waals surface area contributed by atoms with Crippen LogP contribution in [-0.2, 0) is 4.79 Å². The second kappa shape index (κ2) is 4.61. The van der Waals surface area contributed by atoms with E-state index in [-0.39, 0.29) is 12.5 Å². The topological polar surface area (TPSA) is 94.5 Å². The van der Waals surface area contributed by atoms with Gasteiger partial charge in [-0.15, -0.1) is 10.2 Å². The van der Waals surface area contributed by atoms with Gasteiger partial charge < -0.3 is 19.8 Å². The summed E-state index contributed by atoms with van der Waals surface area (Å²) in [6.45, 7) is 1.88. The molecule has 7 nitrogen and oxygen atoms in total. The standard InChI is InChI=1S/C13H14N4O3/c1-7-15-16-12(20-7)8-3-4-11-10(5-8)17(2)13(18)9(14)6-19-11/h3-5,9H,6,14H2,1-2H3. The van der Waals surface area contributed by atoms with Crippen LogP contribution in [0.5, 0.6) is 5.75 Å². The van der Waals surface area contributed by atoms with Crippen molar-refractivity contribution in [1.29, 1.82) is 0 Å². The first-order chi connectivity index (χ1) is 9.56. The monoisotopic (exact) mass is 274 g/mol. The molecule has 0 spiro atoms. The van der Waals surface area contributed by atoms with Gasteiger partial charge >= 0.3 is 0 Å². The summed E-state index contributed by atoms with van der Waals surface area (Å²) in [5, 5.41) is 7.75. The number of nitrogens with two attached hydrogens (primary N) is 1. The summed E-state index contributed by atoms with van der Waals surface area (Å²) in [4.78, 5) is 13.5. The second-order valence-electron chi connectivity index (χ2n) is 4.62. The van der Waals surface area contributed by atoms with Crippen LogP contribution in [0.1, 0.15) is 5.89 Å². The van der Waals surface area contributed by atoms with Crippen LogP contribution in [-0.4, -0.2) is 35.8 Å². The lowest BCUT2D eigenvalue weighted by Gasteiger charge is -2.17. The van der Waals surface area contributed by atoms with Crippen LogP contribution in [0.25, 0.3) is 11.5 Å². The fourth-order valence-electron chi connectivity index (χ4n) is 2.07. The Morgan fingerprint density at radius 1 is 1.40 bits per heavy atom. The van der Waals surface area contributed by atoms with Crippen LogP contribution in [0, 0.1) is 6.92 Å². The molecule has 2 N–H and O–H groups in total. The number of likely N-dealkylation sites (N-methyl/N-ethyl adjacent to an activating group) is 1. The van der Waals surface area contributed by atoms with Crippen LogP contribution in [0.15, 0.2) is 22.6 Å². The average molecular weight is 274 g/mol. The Morgan fingerprint density at radius 2 is 2.20 bits per heavy atom. The predicted molar refractivity (Wildman–Crippen MR) is 71.4 cm³/mol. The molecular formula is C13H14N4O3. The van der Waals surface area contributed by atoms with E-state index in [0.717, 1.165) is 5.56 Å². The number of hydrogen-bond acceptors (Lipinski definition) is 6. The van der Waals surface area contributed by atoms with E-state index < -0.39 is 6.04 Å². The number of carbonyl (C=O) groups is 1. The normalized spacial score (nSPS) is 18.4. The highest BCUT2D eigenvalue weighted by atomic mass is 16.5. The first kappa shape index (κ1) is 12.6. The average Bonchev–Trinajstić information content (AvgIpc) is 2.85. The Morgan fingerprint density at radius 3 is 2.90 bits per heavy atom. The number of amides is 1. The summed E-state index contributed by atoms with van der Waals surface area (Å²) in [5.41, 5.74) is 7.10. The molecule has 0 bridgehead atoms. The Hall–Kier alpha value is -2.41. The zero-order valence-corrected chi connectivity index (χ0v) is 11.2. The van der Waals surface area contributed by atoms with Crippen molar-refractivity contribution in [2.75, 3.05) is 18.6 Å². The molecule has 20 heavy (non-hydrogen) atoms. The van der Waals surface area contributed by atoms with Gasteiger partial charge in [-0.3, -0.25) is 4.79 Å². The molecule has 1 aliphatic heterocycles. The maximum Gasteiger partial charge on any atom is 0.247 e. The number of carbonyl (C=O) groups excluding carboxylic acids is 1. The van der Waals surface area contributed by atoms with Gasteiger partial charge in [0, 0.05) is 19.5 Å². The van der Waals surface area contributed by atoms with Crippen LogP contribution < -0.4 is 15.4 Å². The van der Waals surface area contributed by atoms with Gasteiger partial charge in [0.2, 0.25) is 17.7 Å². The minimum Gasteiger partial charge on any atom is -0.489 e. The van der Waals surface area contributed by atoms with Gasteiger partial charge in [0.25, 0.3) is 0 Å². The summed E-state index contributed by atoms with van der Waals surface area (Å²) in [6.07, 6.45) is 0. The third-order valence-corrected chi connectivity index (χ3v) is 3.16. The second-order valence-corrected chi connectivity index (χ2v) is 4.62. The van der Waals surface area contributed by atoms with Crippen molar-refractivity contribution >= 4 is 11.6 Å². The van der Waals surface area contributed by atoms with E-state index in [0.29, 0.717) is 23.2 Å². The van der Waals surface area contributed by atoms with E-state index in [2.05, 4.69) is 10.2 Å². The molecule has 2 aromatic rings. The molecule has 0 fully saturated rings. The smallest absolute Gasteiger partial charge is 0.247 e. The van der Waals surface area contributed by atoms with E-state index in [9.17, 15) is 4.79 Å². The SMILES string of the molecule is Cc1nnc(-c2ccc3c(c2)N(C)C(=O)C(N)CO3)o1. The number of anilines is 1. The van der Waals surface area contributed by atoms with E-state index in [4.69, 9.17) is 14.9 Å². The first-order valence-corrected chi connectivity index (χ1v) is 6.17. The minimum atomic E-state index is -0.665. The number of aryl methyl sites for hydroxylation is 1. The van der Waals surface area contributed by atoms with Gasteiger partial charge in [0.15, 0.2) is 0 Å². The molecule has 104 valence electrons. The quantitative estimate of drug-likeness (QED) is 0.823. The molecule has 2 heterocycles. The molecular weight excluding hydrogens is 260 g/mol. The van der Waals surface area contributed by atoms with Crippen molar-refractivity contribution in [3.63, 3.8) is 0 Å². The Kier molecular flexibility index (Phi) is 2.90. The Balaban J connectivity index is 2.06. The third kappa shape index (κ3) is 2.01. The molecule has 3 rings (SSSR count). The van der Waals surface area contributed by atoms with Crippen molar-refractivity contribution in [2.45, 2.75) is 13.0 Å². The maximum atomic E-state index is 12.0. The van der Waals surface area contributed by atoms with Crippen molar-refractivity contribution < 1.29 is 13.9 Å². The van der Waals surface area contributed by atoms with E-state index in [1.54, 1.807) is 32.2 Å². The van der Waals surface area contributed by atoms with E-state index in [1.165, 1.54) is 4.90 Å². The maximum absolute atomic E-state index is 12.0. The Bertz CT molecular complexity index is 667. The lowest BCUT2D eigenvalue weighted by molar-refractivity contribution is -0.119. The van der Waals surface area contributed by atoms with Crippen molar-refractivity contribution in [2.24, 2.45) is 5.73 Å². The van der Waals surface area contributed by atoms with Gasteiger partial charge in [-0.25, -0.2) is 0 Å². The molecule has 1 amide bonds. The highest BCUT2D eigenvalue weighted by molar-refractivity contribution is 5.99. The molecule has 1 aromatic carbocycles. The highest BCUT2D eigenvalue weighted by Gasteiger charge is 2.27. The summed E-state index contributed by atoms with van der Waals surface area (Å²) < 4.78 is 10.9. The van der Waals surface area contributed by atoms with Gasteiger partial charge in [-0.2, -0.15) is 0 Å². The summed E-state index contributed by atoms with van der Waals surface area (Å²) in [7, 11) is 1.67. The van der Waals surface area contributed by atoms with E-state index in [1.807, 2.05) is 0 Å². The molecule has 1 aromatic heterocycles. The fraction of sp³-hybridized carbons (Fsp3) is 0.308. The number of hydrogen-bond donors (Lipinski definition) is 1. The largest absolute Gasteiger partial charge is 0.489 e. The fourth-order valence-corrected chi connectivity index (χ4v) is 2.07. The minimum absolute atomic E-state index is 0.162. The zero-order chi connectivity index (χ0) is 14.3. The van der Waals surface area contributed by atoms with E-state index >= 15 is 0 Å². The lowest BCUT2D eigenvalue weighted by Crippen LogP contribution is -2.43. The van der Waals surface area contributed by atoms with Gasteiger partial charge in [0.05, 0.1) is 5.69 Å². The van der Waals surface area contributed by atoms with Crippen LogP contribution >= 0.6 is 0 Å². The van der Waals surface area contributed by atoms with Gasteiger partial charge in [0.1, 0.15) is 18.4 Å². The number of ether oxygens (including phenoxy) is 1. The molecule has 1 unspecified atom stereocenters. The number of fused-ring (bicyclic) bond motifs is 1.